The minimum absolute atomic E-state index is 0.212. The molecule has 1 aliphatic rings. The molecule has 3 aromatic rings. The number of H-pyrrole nitrogens is 2. The van der Waals surface area contributed by atoms with Crippen molar-refractivity contribution in [1.82, 2.24) is 9.97 Å². The van der Waals surface area contributed by atoms with Crippen LogP contribution in [0.3, 0.4) is 0 Å². The summed E-state index contributed by atoms with van der Waals surface area (Å²) in [6.07, 6.45) is 15.3. The van der Waals surface area contributed by atoms with Crippen LogP contribution >= 0.6 is 0 Å². The Bertz CT molecular complexity index is 1150. The van der Waals surface area contributed by atoms with Crippen LogP contribution in [0.25, 0.3) is 6.08 Å². The van der Waals surface area contributed by atoms with Crippen molar-refractivity contribution in [3.8, 4) is 0 Å². The van der Waals surface area contributed by atoms with Gasteiger partial charge in [-0.25, -0.2) is 9.38 Å². The van der Waals surface area contributed by atoms with E-state index in [1.54, 1.807) is 7.11 Å². The van der Waals surface area contributed by atoms with E-state index in [1.807, 2.05) is 36.5 Å². The van der Waals surface area contributed by atoms with E-state index in [0.29, 0.717) is 0 Å². The first-order chi connectivity index (χ1) is 16.7. The zero-order valence-electron chi connectivity index (χ0n) is 20.2. The maximum absolute atomic E-state index is 13.4. The number of aromatic amines is 2. The summed E-state index contributed by atoms with van der Waals surface area (Å²) in [6.45, 7) is 2.25. The number of hydrogen-bond acceptors (Lipinski definition) is 2. The van der Waals surface area contributed by atoms with E-state index < -0.39 is 0 Å². The monoisotopic (exact) mass is 459 g/mol. The standard InChI is InChI=1S/C29H34FN3O/c1-3-4-5-6-7-8-10-24-18-22(17-21-12-14-23(30)15-13-21)26(32-24)19-28-29(34-2)20-27(33-28)25-11-9-16-31-25/h9,11-16,18-20,31-32H,3-8,10,17H2,1-2H3/b28-19-. The second kappa shape index (κ2) is 11.7. The number of ether oxygens (including phenoxy) is 1. The van der Waals surface area contributed by atoms with E-state index in [1.165, 1.54) is 61.9 Å². The molecule has 0 unspecified atom stereocenters. The zero-order chi connectivity index (χ0) is 23.8. The molecule has 0 saturated carbocycles. The molecule has 0 amide bonds. The summed E-state index contributed by atoms with van der Waals surface area (Å²) in [5, 5.41) is 0. The molecule has 0 fully saturated rings. The SMILES string of the molecule is CCCCCCCCc1cc(Cc2ccc(F)cc2)c(/C=C2\N=C(c3ccc[nH]3)C=C2OC)[nH]1. The van der Waals surface area contributed by atoms with Crippen LogP contribution in [-0.4, -0.2) is 22.8 Å². The van der Waals surface area contributed by atoms with E-state index in [0.717, 1.165) is 47.0 Å². The molecule has 1 aromatic carbocycles. The number of allylic oxidation sites excluding steroid dienone is 1. The fourth-order valence-corrected chi connectivity index (χ4v) is 4.35. The van der Waals surface area contributed by atoms with Gasteiger partial charge in [-0.15, -0.1) is 0 Å². The molecule has 4 nitrogen and oxygen atoms in total. The number of nitrogens with zero attached hydrogens (tertiary/aromatic N) is 1. The van der Waals surface area contributed by atoms with Crippen LogP contribution in [0.5, 0.6) is 0 Å². The van der Waals surface area contributed by atoms with E-state index in [-0.39, 0.29) is 5.82 Å². The highest BCUT2D eigenvalue weighted by Gasteiger charge is 2.18. The van der Waals surface area contributed by atoms with Gasteiger partial charge in [-0.1, -0.05) is 51.2 Å². The highest BCUT2D eigenvalue weighted by molar-refractivity contribution is 6.11. The minimum atomic E-state index is -0.212. The van der Waals surface area contributed by atoms with Crippen LogP contribution in [0, 0.1) is 5.82 Å². The number of nitrogens with one attached hydrogen (secondary N) is 2. The molecule has 0 spiro atoms. The van der Waals surface area contributed by atoms with Gasteiger partial charge in [0.25, 0.3) is 0 Å². The first-order valence-electron chi connectivity index (χ1n) is 12.3. The Hall–Kier alpha value is -3.34. The lowest BCUT2D eigenvalue weighted by Gasteiger charge is -2.04. The predicted molar refractivity (Wildman–Crippen MR) is 137 cm³/mol. The lowest BCUT2D eigenvalue weighted by Crippen LogP contribution is -1.93. The van der Waals surface area contributed by atoms with Gasteiger partial charge in [0.2, 0.25) is 0 Å². The van der Waals surface area contributed by atoms with Gasteiger partial charge in [-0.05, 0) is 66.8 Å². The van der Waals surface area contributed by atoms with Gasteiger partial charge in [-0.2, -0.15) is 0 Å². The summed E-state index contributed by atoms with van der Waals surface area (Å²) in [6, 6.07) is 13.0. The van der Waals surface area contributed by atoms with Crippen molar-refractivity contribution in [2.45, 2.75) is 58.3 Å². The third-order valence-electron chi connectivity index (χ3n) is 6.23. The number of unbranched alkanes of at least 4 members (excludes halogenated alkanes) is 5. The number of methoxy groups -OCH3 is 1. The van der Waals surface area contributed by atoms with Crippen LogP contribution in [0.4, 0.5) is 4.39 Å². The van der Waals surface area contributed by atoms with Crippen molar-refractivity contribution in [2.75, 3.05) is 7.11 Å². The molecule has 2 N–H and O–H groups in total. The lowest BCUT2D eigenvalue weighted by atomic mass is 10.0. The van der Waals surface area contributed by atoms with Crippen LogP contribution < -0.4 is 0 Å². The molecule has 5 heteroatoms. The van der Waals surface area contributed by atoms with Crippen LogP contribution in [-0.2, 0) is 17.6 Å². The Morgan fingerprint density at radius 1 is 1.03 bits per heavy atom. The Kier molecular flexibility index (Phi) is 8.18. The topological polar surface area (TPSA) is 53.2 Å². The molecule has 0 atom stereocenters. The first kappa shape index (κ1) is 23.8. The number of aliphatic imine (C=N–C) groups is 1. The maximum Gasteiger partial charge on any atom is 0.146 e. The summed E-state index contributed by atoms with van der Waals surface area (Å²) in [7, 11) is 1.67. The smallest absolute Gasteiger partial charge is 0.146 e. The Morgan fingerprint density at radius 2 is 1.82 bits per heavy atom. The molecule has 1 aliphatic heterocycles. The van der Waals surface area contributed by atoms with Crippen molar-refractivity contribution in [1.29, 1.82) is 0 Å². The van der Waals surface area contributed by atoms with Gasteiger partial charge in [0.1, 0.15) is 17.3 Å². The Balaban J connectivity index is 1.57. The lowest BCUT2D eigenvalue weighted by molar-refractivity contribution is 0.303. The number of benzene rings is 1. The van der Waals surface area contributed by atoms with Crippen molar-refractivity contribution in [3.63, 3.8) is 0 Å². The average Bonchev–Trinajstić information content (AvgIpc) is 3.58. The van der Waals surface area contributed by atoms with Crippen LogP contribution in [0.2, 0.25) is 0 Å². The summed E-state index contributed by atoms with van der Waals surface area (Å²) in [4.78, 5) is 11.6. The molecule has 34 heavy (non-hydrogen) atoms. The molecular weight excluding hydrogens is 425 g/mol. The fourth-order valence-electron chi connectivity index (χ4n) is 4.35. The van der Waals surface area contributed by atoms with Gasteiger partial charge in [-0.3, -0.25) is 0 Å². The van der Waals surface area contributed by atoms with Crippen LogP contribution in [0.15, 0.2) is 71.2 Å². The Labute approximate surface area is 201 Å². The van der Waals surface area contributed by atoms with Crippen molar-refractivity contribution < 1.29 is 9.13 Å². The number of halogens is 1. The quantitative estimate of drug-likeness (QED) is 0.273. The summed E-state index contributed by atoms with van der Waals surface area (Å²) in [5.41, 5.74) is 7.12. The maximum atomic E-state index is 13.4. The summed E-state index contributed by atoms with van der Waals surface area (Å²) < 4.78 is 19.0. The Morgan fingerprint density at radius 3 is 2.56 bits per heavy atom. The fraction of sp³-hybridized carbons (Fsp3) is 0.345. The zero-order valence-corrected chi connectivity index (χ0v) is 20.2. The minimum Gasteiger partial charge on any atom is -0.494 e. The summed E-state index contributed by atoms with van der Waals surface area (Å²) >= 11 is 0. The third-order valence-corrected chi connectivity index (χ3v) is 6.23. The van der Waals surface area contributed by atoms with E-state index in [9.17, 15) is 4.39 Å². The van der Waals surface area contributed by atoms with E-state index in [2.05, 4.69) is 29.0 Å². The van der Waals surface area contributed by atoms with Crippen molar-refractivity contribution in [3.05, 3.63) is 100 Å². The number of aromatic nitrogens is 2. The van der Waals surface area contributed by atoms with Crippen molar-refractivity contribution in [2.24, 2.45) is 4.99 Å². The average molecular weight is 460 g/mol. The summed E-state index contributed by atoms with van der Waals surface area (Å²) in [5.74, 6) is 0.528. The molecule has 3 heterocycles. The third kappa shape index (κ3) is 6.16. The molecule has 0 radical (unpaired) electrons. The van der Waals surface area contributed by atoms with Crippen LogP contribution in [0.1, 0.15) is 73.7 Å². The highest BCUT2D eigenvalue weighted by atomic mass is 19.1. The van der Waals surface area contributed by atoms with Gasteiger partial charge in [0, 0.05) is 23.7 Å². The normalized spacial score (nSPS) is 14.5. The first-order valence-corrected chi connectivity index (χ1v) is 12.3. The van der Waals surface area contributed by atoms with Gasteiger partial charge in [0.05, 0.1) is 18.5 Å². The van der Waals surface area contributed by atoms with Gasteiger partial charge in [0.15, 0.2) is 0 Å². The second-order valence-corrected chi connectivity index (χ2v) is 8.88. The molecule has 0 bridgehead atoms. The van der Waals surface area contributed by atoms with Gasteiger partial charge < -0.3 is 14.7 Å². The van der Waals surface area contributed by atoms with Crippen molar-refractivity contribution >= 4 is 11.8 Å². The molecule has 2 aromatic heterocycles. The molecular formula is C29H34FN3O. The van der Waals surface area contributed by atoms with E-state index >= 15 is 0 Å². The number of rotatable bonds is 12. The highest BCUT2D eigenvalue weighted by Crippen LogP contribution is 2.27. The van der Waals surface area contributed by atoms with E-state index in [4.69, 9.17) is 9.73 Å². The molecule has 0 aliphatic carbocycles. The van der Waals surface area contributed by atoms with Gasteiger partial charge >= 0.3 is 0 Å². The largest absolute Gasteiger partial charge is 0.494 e. The molecule has 0 saturated heterocycles. The number of hydrogen-bond donors (Lipinski definition) is 2. The second-order valence-electron chi connectivity index (χ2n) is 8.88. The molecule has 4 rings (SSSR count). The molecule has 178 valence electrons. The number of aryl methyl sites for hydroxylation is 1. The predicted octanol–water partition coefficient (Wildman–Crippen LogP) is 7.35.